The van der Waals surface area contributed by atoms with Crippen LogP contribution < -0.4 is 5.32 Å². The highest BCUT2D eigenvalue weighted by Gasteiger charge is 2.46. The number of hydrogen-bond acceptors (Lipinski definition) is 4. The van der Waals surface area contributed by atoms with Gasteiger partial charge in [-0.25, -0.2) is 9.50 Å². The van der Waals surface area contributed by atoms with Crippen LogP contribution in [0.5, 0.6) is 0 Å². The second-order valence-corrected chi connectivity index (χ2v) is 6.06. The van der Waals surface area contributed by atoms with Crippen LogP contribution >= 0.6 is 0 Å². The van der Waals surface area contributed by atoms with Gasteiger partial charge in [0, 0.05) is 42.0 Å². The van der Waals surface area contributed by atoms with Gasteiger partial charge in [-0.05, 0) is 13.3 Å². The van der Waals surface area contributed by atoms with Crippen molar-refractivity contribution in [3.63, 3.8) is 0 Å². The molecule has 19 heavy (non-hydrogen) atoms. The molecule has 2 N–H and O–H groups in total. The van der Waals surface area contributed by atoms with E-state index >= 15 is 0 Å². The molecular weight excluding hydrogens is 240 g/mol. The Morgan fingerprint density at radius 3 is 3.00 bits per heavy atom. The second-order valence-electron chi connectivity index (χ2n) is 6.06. The molecule has 0 saturated heterocycles. The molecule has 1 aliphatic rings. The number of aliphatic hydroxyl groups excluding tert-OH is 1. The van der Waals surface area contributed by atoms with Crippen molar-refractivity contribution in [2.24, 2.45) is 5.41 Å². The largest absolute Gasteiger partial charge is 0.392 e. The average Bonchev–Trinajstić information content (AvgIpc) is 2.73. The van der Waals surface area contributed by atoms with Crippen LogP contribution in [0.15, 0.2) is 18.5 Å². The predicted octanol–water partition coefficient (Wildman–Crippen LogP) is 1.29. The van der Waals surface area contributed by atoms with Crippen LogP contribution in [0, 0.1) is 12.3 Å². The van der Waals surface area contributed by atoms with E-state index < -0.39 is 0 Å². The Kier molecular flexibility index (Phi) is 2.83. The van der Waals surface area contributed by atoms with Crippen LogP contribution in [0.3, 0.4) is 0 Å². The quantitative estimate of drug-likeness (QED) is 0.873. The van der Waals surface area contributed by atoms with E-state index in [0.717, 1.165) is 29.9 Å². The van der Waals surface area contributed by atoms with E-state index in [9.17, 15) is 5.11 Å². The Labute approximate surface area is 112 Å². The zero-order chi connectivity index (χ0) is 13.6. The normalized spacial score (nSPS) is 25.5. The third-order valence-corrected chi connectivity index (χ3v) is 4.26. The van der Waals surface area contributed by atoms with E-state index in [4.69, 9.17) is 0 Å². The molecule has 0 aromatic carbocycles. The Morgan fingerprint density at radius 1 is 1.53 bits per heavy atom. The molecule has 2 heterocycles. The molecular formula is C14H20N4O. The maximum Gasteiger partial charge on any atom is 0.155 e. The van der Waals surface area contributed by atoms with Gasteiger partial charge in [-0.3, -0.25) is 0 Å². The Balaban J connectivity index is 1.69. The standard InChI is InChI=1S/C14H20N4O/c1-9-4-13-16-7-10(8-18(13)17-9)6-15-11-5-12(19)14(11,2)3/h4,7-8,11-12,15,19H,5-6H2,1-3H3. The van der Waals surface area contributed by atoms with E-state index in [1.165, 1.54) is 0 Å². The van der Waals surface area contributed by atoms with E-state index in [2.05, 4.69) is 29.2 Å². The highest BCUT2D eigenvalue weighted by molar-refractivity contribution is 5.38. The van der Waals surface area contributed by atoms with Crippen LogP contribution in [-0.2, 0) is 6.54 Å². The topological polar surface area (TPSA) is 62.5 Å². The molecule has 2 unspecified atom stereocenters. The highest BCUT2D eigenvalue weighted by atomic mass is 16.3. The summed E-state index contributed by atoms with van der Waals surface area (Å²) in [6.07, 6.45) is 4.51. The van der Waals surface area contributed by atoms with Crippen LogP contribution in [0.25, 0.3) is 5.65 Å². The maximum atomic E-state index is 9.72. The van der Waals surface area contributed by atoms with Gasteiger partial charge in [0.25, 0.3) is 0 Å². The summed E-state index contributed by atoms with van der Waals surface area (Å²) < 4.78 is 1.81. The molecule has 5 heteroatoms. The lowest BCUT2D eigenvalue weighted by atomic mass is 9.64. The number of fused-ring (bicyclic) bond motifs is 1. The summed E-state index contributed by atoms with van der Waals surface area (Å²) in [6, 6.07) is 2.32. The summed E-state index contributed by atoms with van der Waals surface area (Å²) in [5.74, 6) is 0. The highest BCUT2D eigenvalue weighted by Crippen LogP contribution is 2.40. The van der Waals surface area contributed by atoms with Gasteiger partial charge in [-0.15, -0.1) is 0 Å². The summed E-state index contributed by atoms with van der Waals surface area (Å²) in [4.78, 5) is 4.39. The molecule has 1 saturated carbocycles. The first-order valence-electron chi connectivity index (χ1n) is 6.69. The fourth-order valence-electron chi connectivity index (χ4n) is 2.62. The predicted molar refractivity (Wildman–Crippen MR) is 72.8 cm³/mol. The first-order valence-corrected chi connectivity index (χ1v) is 6.69. The number of aryl methyl sites for hydroxylation is 1. The molecule has 0 radical (unpaired) electrons. The van der Waals surface area contributed by atoms with Crippen molar-refractivity contribution in [1.29, 1.82) is 0 Å². The molecule has 0 bridgehead atoms. The third kappa shape index (κ3) is 2.13. The fourth-order valence-corrected chi connectivity index (χ4v) is 2.62. The van der Waals surface area contributed by atoms with Crippen LogP contribution in [-0.4, -0.2) is 31.9 Å². The molecule has 2 atom stereocenters. The summed E-state index contributed by atoms with van der Waals surface area (Å²) in [7, 11) is 0. The van der Waals surface area contributed by atoms with E-state index in [1.54, 1.807) is 0 Å². The molecule has 0 amide bonds. The monoisotopic (exact) mass is 260 g/mol. The molecule has 1 aliphatic carbocycles. The second kappa shape index (κ2) is 4.28. The number of hydrogen-bond donors (Lipinski definition) is 2. The van der Waals surface area contributed by atoms with Gasteiger partial charge in [0.05, 0.1) is 11.8 Å². The average molecular weight is 260 g/mol. The van der Waals surface area contributed by atoms with Crippen LogP contribution in [0.4, 0.5) is 0 Å². The van der Waals surface area contributed by atoms with Crippen LogP contribution in [0.1, 0.15) is 31.5 Å². The molecule has 0 aliphatic heterocycles. The van der Waals surface area contributed by atoms with Gasteiger partial charge < -0.3 is 10.4 Å². The minimum absolute atomic E-state index is 0.0418. The van der Waals surface area contributed by atoms with Gasteiger partial charge >= 0.3 is 0 Å². The number of aromatic nitrogens is 3. The van der Waals surface area contributed by atoms with Crippen LogP contribution in [0.2, 0.25) is 0 Å². The van der Waals surface area contributed by atoms with Gasteiger partial charge in [-0.1, -0.05) is 13.8 Å². The van der Waals surface area contributed by atoms with Gasteiger partial charge in [0.1, 0.15) is 0 Å². The zero-order valence-corrected chi connectivity index (χ0v) is 11.6. The SMILES string of the molecule is Cc1cc2ncc(CNC3CC(O)C3(C)C)cn2n1. The third-order valence-electron chi connectivity index (χ3n) is 4.26. The molecule has 2 aromatic heterocycles. The smallest absolute Gasteiger partial charge is 0.155 e. The summed E-state index contributed by atoms with van der Waals surface area (Å²) >= 11 is 0. The minimum atomic E-state index is -0.195. The molecule has 0 spiro atoms. The Hall–Kier alpha value is -1.46. The number of rotatable bonds is 3. The molecule has 1 fully saturated rings. The molecule has 5 nitrogen and oxygen atoms in total. The first-order chi connectivity index (χ1) is 8.96. The summed E-state index contributed by atoms with van der Waals surface area (Å²) in [5.41, 5.74) is 2.91. The van der Waals surface area contributed by atoms with Gasteiger partial charge in [0.15, 0.2) is 5.65 Å². The summed E-state index contributed by atoms with van der Waals surface area (Å²) in [5, 5.41) is 17.6. The van der Waals surface area contributed by atoms with Crippen molar-refractivity contribution >= 4 is 5.65 Å². The van der Waals surface area contributed by atoms with E-state index in [-0.39, 0.29) is 11.5 Å². The molecule has 3 rings (SSSR count). The lowest BCUT2D eigenvalue weighted by molar-refractivity contribution is -0.0730. The van der Waals surface area contributed by atoms with Crippen molar-refractivity contribution in [3.05, 3.63) is 29.7 Å². The number of aliphatic hydroxyl groups is 1. The maximum absolute atomic E-state index is 9.72. The Morgan fingerprint density at radius 2 is 2.32 bits per heavy atom. The lowest BCUT2D eigenvalue weighted by Crippen LogP contribution is -2.59. The lowest BCUT2D eigenvalue weighted by Gasteiger charge is -2.49. The number of nitrogens with one attached hydrogen (secondary N) is 1. The van der Waals surface area contributed by atoms with E-state index in [0.29, 0.717) is 6.04 Å². The van der Waals surface area contributed by atoms with Crippen molar-refractivity contribution in [1.82, 2.24) is 19.9 Å². The van der Waals surface area contributed by atoms with Crippen molar-refractivity contribution in [2.45, 2.75) is 45.9 Å². The fraction of sp³-hybridized carbons (Fsp3) is 0.571. The zero-order valence-electron chi connectivity index (χ0n) is 11.6. The first kappa shape index (κ1) is 12.6. The summed E-state index contributed by atoms with van der Waals surface area (Å²) in [6.45, 7) is 6.90. The minimum Gasteiger partial charge on any atom is -0.392 e. The van der Waals surface area contributed by atoms with Gasteiger partial charge in [-0.2, -0.15) is 5.10 Å². The van der Waals surface area contributed by atoms with Crippen molar-refractivity contribution in [3.8, 4) is 0 Å². The van der Waals surface area contributed by atoms with Crippen molar-refractivity contribution < 1.29 is 5.11 Å². The van der Waals surface area contributed by atoms with E-state index in [1.807, 2.05) is 29.9 Å². The molecule has 2 aromatic rings. The Bertz CT molecular complexity index is 605. The number of nitrogens with zero attached hydrogens (tertiary/aromatic N) is 3. The molecule has 102 valence electrons. The van der Waals surface area contributed by atoms with Gasteiger partial charge in [0.2, 0.25) is 0 Å². The van der Waals surface area contributed by atoms with Crippen molar-refractivity contribution in [2.75, 3.05) is 0 Å².